The molecule has 1 heterocycles. The molecule has 264 valence electrons. The highest BCUT2D eigenvalue weighted by atomic mass is 16.5. The van der Waals surface area contributed by atoms with Crippen molar-refractivity contribution in [1.82, 2.24) is 0 Å². The van der Waals surface area contributed by atoms with Gasteiger partial charge in [-0.05, 0) is 116 Å². The molecule has 0 spiro atoms. The lowest BCUT2D eigenvalue weighted by atomic mass is 9.88. The number of para-hydroxylation sites is 2. The van der Waals surface area contributed by atoms with Gasteiger partial charge >= 0.3 is 0 Å². The van der Waals surface area contributed by atoms with Crippen molar-refractivity contribution in [2.24, 2.45) is 0 Å². The van der Waals surface area contributed by atoms with Crippen LogP contribution in [-0.2, 0) is 0 Å². The van der Waals surface area contributed by atoms with Crippen LogP contribution in [0.4, 0.5) is 0 Å². The Morgan fingerprint density at radius 1 is 0.375 bits per heavy atom. The summed E-state index contributed by atoms with van der Waals surface area (Å²) in [5, 5.41) is 4.45. The van der Waals surface area contributed by atoms with Gasteiger partial charge in [-0.3, -0.25) is 0 Å². The number of hydrogen-bond acceptors (Lipinski definition) is 2. The van der Waals surface area contributed by atoms with Gasteiger partial charge in [0.1, 0.15) is 22.7 Å². The fourth-order valence-electron chi connectivity index (χ4n) is 8.88. The first-order valence-electron chi connectivity index (χ1n) is 19.3. The largest absolute Gasteiger partial charge is 0.456 e. The Balaban J connectivity index is 0.960. The van der Waals surface area contributed by atoms with Crippen LogP contribution < -0.4 is 4.74 Å². The molecule has 10 aromatic rings. The Labute approximate surface area is 325 Å². The van der Waals surface area contributed by atoms with Crippen molar-refractivity contribution in [1.29, 1.82) is 0 Å². The number of fused-ring (bicyclic) bond motifs is 7. The van der Waals surface area contributed by atoms with Gasteiger partial charge in [-0.1, -0.05) is 152 Å². The van der Waals surface area contributed by atoms with Crippen LogP contribution in [0.5, 0.6) is 11.5 Å². The maximum Gasteiger partial charge on any atom is 0.136 e. The summed E-state index contributed by atoms with van der Waals surface area (Å²) in [6.07, 6.45) is 0. The maximum absolute atomic E-state index is 6.91. The van der Waals surface area contributed by atoms with Crippen LogP contribution in [0.15, 0.2) is 199 Å². The van der Waals surface area contributed by atoms with E-state index in [2.05, 4.69) is 189 Å². The molecule has 9 aromatic carbocycles. The molecule has 2 heteroatoms. The lowest BCUT2D eigenvalue weighted by Gasteiger charge is -2.17. The predicted octanol–water partition coefficient (Wildman–Crippen LogP) is 15.0. The number of hydrogen-bond donors (Lipinski definition) is 0. The lowest BCUT2D eigenvalue weighted by Crippen LogP contribution is -1.98. The van der Waals surface area contributed by atoms with Gasteiger partial charge in [0.15, 0.2) is 0 Å². The van der Waals surface area contributed by atoms with E-state index in [1.54, 1.807) is 0 Å². The van der Waals surface area contributed by atoms with Gasteiger partial charge in [0, 0.05) is 27.6 Å². The second kappa shape index (κ2) is 13.0. The first kappa shape index (κ1) is 32.3. The number of aryl methyl sites for hydroxylation is 1. The van der Waals surface area contributed by atoms with Gasteiger partial charge in [0.2, 0.25) is 0 Å². The summed E-state index contributed by atoms with van der Waals surface area (Å²) in [4.78, 5) is 0. The summed E-state index contributed by atoms with van der Waals surface area (Å²) in [5.74, 6) is 1.88. The van der Waals surface area contributed by atoms with E-state index in [1.807, 2.05) is 12.1 Å². The van der Waals surface area contributed by atoms with E-state index in [4.69, 9.17) is 9.15 Å². The zero-order valence-corrected chi connectivity index (χ0v) is 30.9. The van der Waals surface area contributed by atoms with Gasteiger partial charge in [-0.15, -0.1) is 0 Å². The van der Waals surface area contributed by atoms with Gasteiger partial charge in [-0.2, -0.15) is 0 Å². The zero-order valence-electron chi connectivity index (χ0n) is 30.9. The molecule has 11 rings (SSSR count). The lowest BCUT2D eigenvalue weighted by molar-refractivity contribution is 0.490. The third-order valence-electron chi connectivity index (χ3n) is 11.6. The SMILES string of the molecule is Cc1ccc(-c2ccc3c(c2)-c2ccccc2C3c2ccccc2)cc1-c1ccccc1Oc1ccc(-c2ccc3c(c2)oc2ccccc23)c2ccccc12. The molecule has 0 aliphatic heterocycles. The molecule has 0 N–H and O–H groups in total. The normalized spacial score (nSPS) is 13.3. The van der Waals surface area contributed by atoms with Crippen molar-refractivity contribution in [3.8, 4) is 56.0 Å². The molecule has 1 aliphatic rings. The van der Waals surface area contributed by atoms with E-state index in [0.29, 0.717) is 0 Å². The fraction of sp³-hybridized carbons (Fsp3) is 0.0370. The van der Waals surface area contributed by atoms with E-state index in [9.17, 15) is 0 Å². The maximum atomic E-state index is 6.91. The van der Waals surface area contributed by atoms with Crippen molar-refractivity contribution in [3.05, 3.63) is 216 Å². The van der Waals surface area contributed by atoms with Crippen molar-refractivity contribution in [3.63, 3.8) is 0 Å². The van der Waals surface area contributed by atoms with E-state index >= 15 is 0 Å². The van der Waals surface area contributed by atoms with Crippen LogP contribution >= 0.6 is 0 Å². The highest BCUT2D eigenvalue weighted by Gasteiger charge is 2.30. The van der Waals surface area contributed by atoms with E-state index < -0.39 is 0 Å². The minimum absolute atomic E-state index is 0.236. The smallest absolute Gasteiger partial charge is 0.136 e. The van der Waals surface area contributed by atoms with Crippen LogP contribution in [0.3, 0.4) is 0 Å². The van der Waals surface area contributed by atoms with E-state index in [-0.39, 0.29) is 5.92 Å². The minimum Gasteiger partial charge on any atom is -0.456 e. The predicted molar refractivity (Wildman–Crippen MR) is 232 cm³/mol. The molecular formula is C54H36O2. The molecule has 1 unspecified atom stereocenters. The van der Waals surface area contributed by atoms with Crippen molar-refractivity contribution >= 4 is 32.7 Å². The Morgan fingerprint density at radius 3 is 1.89 bits per heavy atom. The second-order valence-corrected chi connectivity index (χ2v) is 14.8. The molecule has 0 radical (unpaired) electrons. The highest BCUT2D eigenvalue weighted by Crippen LogP contribution is 2.49. The molecule has 0 fully saturated rings. The quantitative estimate of drug-likeness (QED) is 0.171. The second-order valence-electron chi connectivity index (χ2n) is 14.8. The Morgan fingerprint density at radius 2 is 1.02 bits per heavy atom. The topological polar surface area (TPSA) is 22.4 Å². The van der Waals surface area contributed by atoms with E-state index in [0.717, 1.165) is 66.5 Å². The van der Waals surface area contributed by atoms with Gasteiger partial charge < -0.3 is 9.15 Å². The minimum atomic E-state index is 0.236. The molecular weight excluding hydrogens is 681 g/mol. The standard InChI is InChI=1S/C54H36O2/c1-34-23-24-36(37-25-28-47-49(32-37)41-16-6-8-20-46(41)54(47)35-13-3-2-4-14-35)31-48(34)44-19-10-12-22-51(44)55-52-30-29-39(40-15-5-7-17-42(40)52)38-26-27-45-43-18-9-11-21-50(43)56-53(45)33-38/h2-33,54H,1H3. The first-order chi connectivity index (χ1) is 27.7. The Bertz CT molecular complexity index is 3130. The Kier molecular flexibility index (Phi) is 7.50. The summed E-state index contributed by atoms with van der Waals surface area (Å²) >= 11 is 0. The van der Waals surface area contributed by atoms with Crippen LogP contribution in [0.2, 0.25) is 0 Å². The molecule has 0 saturated carbocycles. The van der Waals surface area contributed by atoms with Crippen molar-refractivity contribution in [2.45, 2.75) is 12.8 Å². The molecule has 0 saturated heterocycles. The van der Waals surface area contributed by atoms with Crippen molar-refractivity contribution in [2.75, 3.05) is 0 Å². The molecule has 1 aromatic heterocycles. The summed E-state index contributed by atoms with van der Waals surface area (Å²) in [6, 6.07) is 69.5. The average molecular weight is 717 g/mol. The number of ether oxygens (including phenoxy) is 1. The fourth-order valence-corrected chi connectivity index (χ4v) is 8.88. The highest BCUT2D eigenvalue weighted by molar-refractivity contribution is 6.07. The molecule has 56 heavy (non-hydrogen) atoms. The Hall–Kier alpha value is -7.16. The number of benzene rings is 9. The zero-order chi connectivity index (χ0) is 37.2. The summed E-state index contributed by atoms with van der Waals surface area (Å²) in [5.41, 5.74) is 16.5. The summed E-state index contributed by atoms with van der Waals surface area (Å²) in [6.45, 7) is 2.18. The molecule has 2 nitrogen and oxygen atoms in total. The van der Waals surface area contributed by atoms with E-state index in [1.165, 1.54) is 44.5 Å². The molecule has 1 aliphatic carbocycles. The van der Waals surface area contributed by atoms with Gasteiger partial charge in [0.25, 0.3) is 0 Å². The third-order valence-corrected chi connectivity index (χ3v) is 11.6. The van der Waals surface area contributed by atoms with Gasteiger partial charge in [0.05, 0.1) is 0 Å². The molecule has 0 bridgehead atoms. The average Bonchev–Trinajstić information content (AvgIpc) is 3.79. The van der Waals surface area contributed by atoms with Gasteiger partial charge in [-0.25, -0.2) is 0 Å². The first-order valence-corrected chi connectivity index (χ1v) is 19.3. The number of rotatable bonds is 6. The molecule has 1 atom stereocenters. The summed E-state index contributed by atoms with van der Waals surface area (Å²) < 4.78 is 13.2. The third kappa shape index (κ3) is 5.26. The van der Waals surface area contributed by atoms with Crippen LogP contribution in [0, 0.1) is 6.92 Å². The van der Waals surface area contributed by atoms with Crippen LogP contribution in [0.25, 0.3) is 77.2 Å². The van der Waals surface area contributed by atoms with Crippen LogP contribution in [-0.4, -0.2) is 0 Å². The monoisotopic (exact) mass is 716 g/mol. The molecule has 0 amide bonds. The van der Waals surface area contributed by atoms with Crippen LogP contribution in [0.1, 0.15) is 28.2 Å². The van der Waals surface area contributed by atoms with Crippen molar-refractivity contribution < 1.29 is 9.15 Å². The number of furan rings is 1. The summed E-state index contributed by atoms with van der Waals surface area (Å²) in [7, 11) is 0.